The molecule has 1 aliphatic heterocycles. The molecule has 6 heteroatoms. The van der Waals surface area contributed by atoms with E-state index in [1.54, 1.807) is 4.57 Å². The molecule has 0 amide bonds. The van der Waals surface area contributed by atoms with Crippen LogP contribution in [-0.2, 0) is 11.3 Å². The summed E-state index contributed by atoms with van der Waals surface area (Å²) in [7, 11) is 0. The van der Waals surface area contributed by atoms with E-state index in [1.807, 2.05) is 22.6 Å². The quantitative estimate of drug-likeness (QED) is 0.602. The molecule has 1 aromatic heterocycles. The summed E-state index contributed by atoms with van der Waals surface area (Å²) < 4.78 is 7.42. The number of hydrogen-bond acceptors (Lipinski definition) is 3. The lowest BCUT2D eigenvalue weighted by Gasteiger charge is -2.22. The van der Waals surface area contributed by atoms with Gasteiger partial charge < -0.3 is 4.74 Å². The van der Waals surface area contributed by atoms with Crippen molar-refractivity contribution >= 4 is 34.2 Å². The highest BCUT2D eigenvalue weighted by atomic mass is 127. The second kappa shape index (κ2) is 5.46. The molecule has 0 atom stereocenters. The van der Waals surface area contributed by atoms with E-state index in [1.165, 1.54) is 6.33 Å². The Morgan fingerprint density at radius 2 is 2.25 bits per heavy atom. The minimum Gasteiger partial charge on any atom is -0.381 e. The predicted molar refractivity (Wildman–Crippen MR) is 69.8 cm³/mol. The van der Waals surface area contributed by atoms with Crippen molar-refractivity contribution in [1.29, 1.82) is 0 Å². The average Bonchev–Trinajstić information content (AvgIpc) is 2.31. The molecule has 0 saturated carbocycles. The molecular weight excluding hydrogens is 342 g/mol. The topological polar surface area (TPSA) is 44.1 Å². The Labute approximate surface area is 112 Å². The van der Waals surface area contributed by atoms with Gasteiger partial charge in [-0.2, -0.15) is 0 Å². The molecule has 1 saturated heterocycles. The van der Waals surface area contributed by atoms with Crippen molar-refractivity contribution in [2.45, 2.75) is 19.4 Å². The lowest BCUT2D eigenvalue weighted by molar-refractivity contribution is 0.0608. The highest BCUT2D eigenvalue weighted by molar-refractivity contribution is 14.1. The number of rotatable bonds is 2. The molecule has 16 heavy (non-hydrogen) atoms. The van der Waals surface area contributed by atoms with Crippen LogP contribution in [0.3, 0.4) is 0 Å². The van der Waals surface area contributed by atoms with E-state index in [-0.39, 0.29) is 10.7 Å². The predicted octanol–water partition coefficient (Wildman–Crippen LogP) is 1.93. The zero-order chi connectivity index (χ0) is 11.5. The summed E-state index contributed by atoms with van der Waals surface area (Å²) in [6, 6.07) is 0. The summed E-state index contributed by atoms with van der Waals surface area (Å²) in [5.41, 5.74) is -0.0490. The van der Waals surface area contributed by atoms with Gasteiger partial charge >= 0.3 is 0 Å². The number of ether oxygens (including phenoxy) is 1. The molecule has 0 unspecified atom stereocenters. The van der Waals surface area contributed by atoms with E-state index in [2.05, 4.69) is 4.98 Å². The largest absolute Gasteiger partial charge is 0.381 e. The number of nitrogens with zero attached hydrogens (tertiary/aromatic N) is 2. The van der Waals surface area contributed by atoms with Crippen molar-refractivity contribution in [3.8, 4) is 0 Å². The fourth-order valence-corrected chi connectivity index (χ4v) is 2.35. The van der Waals surface area contributed by atoms with Crippen molar-refractivity contribution in [2.75, 3.05) is 13.2 Å². The standard InChI is InChI=1S/C10H12ClIN2O2/c11-9-8(12)10(15)14(6-13-9)5-7-1-3-16-4-2-7/h6-7H,1-5H2. The first kappa shape index (κ1) is 12.3. The molecule has 0 N–H and O–H groups in total. The third-order valence-electron chi connectivity index (χ3n) is 2.74. The average molecular weight is 355 g/mol. The first-order valence-corrected chi connectivity index (χ1v) is 6.62. The van der Waals surface area contributed by atoms with E-state index in [9.17, 15) is 4.79 Å². The minimum absolute atomic E-state index is 0.0490. The van der Waals surface area contributed by atoms with Crippen LogP contribution in [0.5, 0.6) is 0 Å². The Balaban J connectivity index is 2.15. The Hall–Kier alpha value is -0.140. The van der Waals surface area contributed by atoms with Crippen LogP contribution in [0.15, 0.2) is 11.1 Å². The maximum Gasteiger partial charge on any atom is 0.268 e. The normalized spacial score (nSPS) is 17.6. The van der Waals surface area contributed by atoms with Crippen molar-refractivity contribution < 1.29 is 4.74 Å². The van der Waals surface area contributed by atoms with Gasteiger partial charge in [-0.15, -0.1) is 0 Å². The molecule has 1 aromatic rings. The lowest BCUT2D eigenvalue weighted by Crippen LogP contribution is -2.29. The van der Waals surface area contributed by atoms with Gasteiger partial charge in [-0.05, 0) is 41.4 Å². The number of aromatic nitrogens is 2. The van der Waals surface area contributed by atoms with Crippen LogP contribution in [0.25, 0.3) is 0 Å². The third-order valence-corrected chi connectivity index (χ3v) is 4.31. The van der Waals surface area contributed by atoms with Crippen LogP contribution in [0.4, 0.5) is 0 Å². The Bertz CT molecular complexity index is 429. The first-order chi connectivity index (χ1) is 7.68. The molecule has 0 radical (unpaired) electrons. The molecule has 2 rings (SSSR count). The van der Waals surface area contributed by atoms with Gasteiger partial charge in [0.25, 0.3) is 5.56 Å². The second-order valence-corrected chi connectivity index (χ2v) is 5.30. The van der Waals surface area contributed by atoms with E-state index in [0.29, 0.717) is 16.0 Å². The summed E-state index contributed by atoms with van der Waals surface area (Å²) in [5, 5.41) is 0.286. The molecule has 1 fully saturated rings. The molecule has 0 aromatic carbocycles. The maximum absolute atomic E-state index is 11.9. The number of hydrogen-bond donors (Lipinski definition) is 0. The van der Waals surface area contributed by atoms with Crippen LogP contribution >= 0.6 is 34.2 Å². The van der Waals surface area contributed by atoms with Crippen molar-refractivity contribution in [1.82, 2.24) is 9.55 Å². The minimum atomic E-state index is -0.0490. The van der Waals surface area contributed by atoms with Crippen LogP contribution in [0, 0.1) is 9.49 Å². The van der Waals surface area contributed by atoms with Crippen molar-refractivity contribution in [2.24, 2.45) is 5.92 Å². The Kier molecular flexibility index (Phi) is 4.21. The molecule has 4 nitrogen and oxygen atoms in total. The van der Waals surface area contributed by atoms with Crippen molar-refractivity contribution in [3.63, 3.8) is 0 Å². The molecule has 2 heterocycles. The zero-order valence-corrected chi connectivity index (χ0v) is 11.6. The van der Waals surface area contributed by atoms with E-state index in [0.717, 1.165) is 26.1 Å². The van der Waals surface area contributed by atoms with Crippen LogP contribution < -0.4 is 5.56 Å². The van der Waals surface area contributed by atoms with E-state index in [4.69, 9.17) is 16.3 Å². The van der Waals surface area contributed by atoms with Crippen LogP contribution in [0.1, 0.15) is 12.8 Å². The Morgan fingerprint density at radius 1 is 1.56 bits per heavy atom. The van der Waals surface area contributed by atoms with Crippen LogP contribution in [-0.4, -0.2) is 22.8 Å². The SMILES string of the molecule is O=c1c(I)c(Cl)ncn1CC1CCOCC1. The summed E-state index contributed by atoms with van der Waals surface area (Å²) in [6.07, 6.45) is 3.54. The third kappa shape index (κ3) is 2.75. The van der Waals surface area contributed by atoms with Gasteiger partial charge in [0.15, 0.2) is 0 Å². The first-order valence-electron chi connectivity index (χ1n) is 5.16. The summed E-state index contributed by atoms with van der Waals surface area (Å²) in [4.78, 5) is 15.9. The highest BCUT2D eigenvalue weighted by Gasteiger charge is 2.16. The fourth-order valence-electron chi connectivity index (χ4n) is 1.78. The van der Waals surface area contributed by atoms with Gasteiger partial charge in [0.2, 0.25) is 0 Å². The second-order valence-electron chi connectivity index (χ2n) is 3.86. The van der Waals surface area contributed by atoms with Crippen LogP contribution in [0.2, 0.25) is 5.15 Å². The van der Waals surface area contributed by atoms with E-state index >= 15 is 0 Å². The smallest absolute Gasteiger partial charge is 0.268 e. The molecular formula is C10H12ClIN2O2. The van der Waals surface area contributed by atoms with Gasteiger partial charge in [-0.1, -0.05) is 11.6 Å². The molecule has 88 valence electrons. The molecule has 0 spiro atoms. The number of halogens is 2. The monoisotopic (exact) mass is 354 g/mol. The lowest BCUT2D eigenvalue weighted by atomic mass is 10.0. The van der Waals surface area contributed by atoms with Gasteiger partial charge in [0, 0.05) is 19.8 Å². The van der Waals surface area contributed by atoms with Gasteiger partial charge in [-0.25, -0.2) is 4.98 Å². The van der Waals surface area contributed by atoms with Gasteiger partial charge in [0.1, 0.15) is 8.72 Å². The van der Waals surface area contributed by atoms with Gasteiger partial charge in [0.05, 0.1) is 6.33 Å². The Morgan fingerprint density at radius 3 is 2.94 bits per heavy atom. The zero-order valence-electron chi connectivity index (χ0n) is 8.66. The fraction of sp³-hybridized carbons (Fsp3) is 0.600. The van der Waals surface area contributed by atoms with E-state index < -0.39 is 0 Å². The van der Waals surface area contributed by atoms with Crippen molar-refractivity contribution in [3.05, 3.63) is 25.4 Å². The maximum atomic E-state index is 11.9. The summed E-state index contributed by atoms with van der Waals surface area (Å²) in [6.45, 7) is 2.29. The molecule has 0 aliphatic carbocycles. The highest BCUT2D eigenvalue weighted by Crippen LogP contribution is 2.17. The summed E-state index contributed by atoms with van der Waals surface area (Å²) in [5.74, 6) is 0.505. The van der Waals surface area contributed by atoms with Gasteiger partial charge in [-0.3, -0.25) is 9.36 Å². The molecule has 1 aliphatic rings. The summed E-state index contributed by atoms with van der Waals surface area (Å²) >= 11 is 7.71. The molecule has 0 bridgehead atoms.